The first-order valence-corrected chi connectivity index (χ1v) is 13.4. The van der Waals surface area contributed by atoms with Gasteiger partial charge in [0.1, 0.15) is 12.8 Å². The molecular weight excluding hydrogens is 449 g/mol. The van der Waals surface area contributed by atoms with Crippen LogP contribution >= 0.6 is 0 Å². The van der Waals surface area contributed by atoms with Crippen LogP contribution in [0.15, 0.2) is 30.3 Å². The van der Waals surface area contributed by atoms with Gasteiger partial charge in [0.25, 0.3) is 0 Å². The van der Waals surface area contributed by atoms with Gasteiger partial charge in [-0.25, -0.2) is 13.2 Å². The van der Waals surface area contributed by atoms with Crippen molar-refractivity contribution < 1.29 is 22.7 Å². The molecule has 2 nitrogen and oxygen atoms in total. The topological polar surface area (TPSA) is 26.3 Å². The quantitative estimate of drug-likeness (QED) is 0.249. The van der Waals surface area contributed by atoms with E-state index in [0.717, 1.165) is 50.2 Å². The summed E-state index contributed by atoms with van der Waals surface area (Å²) >= 11 is 0. The predicted octanol–water partition coefficient (Wildman–Crippen LogP) is 8.69. The molecule has 0 bridgehead atoms. The molecule has 0 aromatic heterocycles. The van der Waals surface area contributed by atoms with Crippen LogP contribution < -0.4 is 4.74 Å². The Kier molecular flexibility index (Phi) is 10.7. The van der Waals surface area contributed by atoms with E-state index in [-0.39, 0.29) is 23.5 Å². The van der Waals surface area contributed by atoms with Crippen LogP contribution in [0.2, 0.25) is 0 Å². The Morgan fingerprint density at radius 1 is 0.971 bits per heavy atom. The molecule has 3 rings (SSSR count). The summed E-state index contributed by atoms with van der Waals surface area (Å²) in [6, 6.07) is 9.11. The van der Waals surface area contributed by atoms with Crippen LogP contribution in [0, 0.1) is 11.6 Å². The summed E-state index contributed by atoms with van der Waals surface area (Å²) in [6.45, 7) is 3.88. The third-order valence-corrected chi connectivity index (χ3v) is 7.02. The normalized spacial score (nSPS) is 16.3. The summed E-state index contributed by atoms with van der Waals surface area (Å²) in [6.07, 6.45) is 9.37. The number of unbranched alkanes of at least 4 members (excludes halogenated alkanes) is 6. The Hall–Kier alpha value is -2.30. The fourth-order valence-electron chi connectivity index (χ4n) is 4.88. The van der Waals surface area contributed by atoms with Crippen molar-refractivity contribution in [3.05, 3.63) is 64.2 Å². The van der Waals surface area contributed by atoms with Crippen LogP contribution in [-0.2, 0) is 12.8 Å². The number of ketones is 1. The number of rotatable bonds is 14. The van der Waals surface area contributed by atoms with E-state index in [2.05, 4.69) is 26.0 Å². The molecule has 0 N–H and O–H groups in total. The number of alkyl halides is 1. The lowest BCUT2D eigenvalue weighted by Crippen LogP contribution is -2.23. The van der Waals surface area contributed by atoms with Crippen molar-refractivity contribution in [1.29, 1.82) is 0 Å². The number of halogens is 3. The van der Waals surface area contributed by atoms with Crippen molar-refractivity contribution in [3.8, 4) is 5.75 Å². The zero-order chi connectivity index (χ0) is 25.2. The summed E-state index contributed by atoms with van der Waals surface area (Å²) in [7, 11) is 0. The van der Waals surface area contributed by atoms with Gasteiger partial charge in [-0.05, 0) is 49.3 Å². The lowest BCUT2D eigenvalue weighted by molar-refractivity contribution is 0.0943. The molecule has 2 aromatic carbocycles. The maximum Gasteiger partial charge on any atom is 0.191 e. The van der Waals surface area contributed by atoms with Gasteiger partial charge >= 0.3 is 0 Å². The number of hydrogen-bond acceptors (Lipinski definition) is 2. The van der Waals surface area contributed by atoms with Gasteiger partial charge in [-0.15, -0.1) is 0 Å². The zero-order valence-electron chi connectivity index (χ0n) is 21.2. The molecule has 0 heterocycles. The summed E-state index contributed by atoms with van der Waals surface area (Å²) in [5.41, 5.74) is 2.36. The van der Waals surface area contributed by atoms with Crippen molar-refractivity contribution in [1.82, 2.24) is 0 Å². The molecular formula is C30H39F3O2. The molecule has 0 radical (unpaired) electrons. The van der Waals surface area contributed by atoms with E-state index in [1.165, 1.54) is 24.8 Å². The zero-order valence-corrected chi connectivity index (χ0v) is 21.2. The van der Waals surface area contributed by atoms with Crippen LogP contribution in [-0.4, -0.2) is 18.6 Å². The van der Waals surface area contributed by atoms with Gasteiger partial charge in [-0.1, -0.05) is 83.1 Å². The molecule has 35 heavy (non-hydrogen) atoms. The van der Waals surface area contributed by atoms with Gasteiger partial charge < -0.3 is 4.74 Å². The van der Waals surface area contributed by atoms with Crippen LogP contribution in [0.3, 0.4) is 0 Å². The van der Waals surface area contributed by atoms with E-state index in [9.17, 15) is 13.6 Å². The number of ether oxygens (including phenoxy) is 1. The second-order valence-corrected chi connectivity index (χ2v) is 9.79. The number of benzene rings is 2. The summed E-state index contributed by atoms with van der Waals surface area (Å²) in [5, 5.41) is 0. The predicted molar refractivity (Wildman–Crippen MR) is 135 cm³/mol. The number of carbonyl (C=O) groups excluding carboxylic acids is 1. The minimum Gasteiger partial charge on any atom is -0.485 e. The van der Waals surface area contributed by atoms with E-state index in [0.29, 0.717) is 19.3 Å². The van der Waals surface area contributed by atoms with Crippen LogP contribution in [0.4, 0.5) is 13.2 Å². The lowest BCUT2D eigenvalue weighted by atomic mass is 9.78. The molecule has 0 saturated carbocycles. The van der Waals surface area contributed by atoms with Crippen molar-refractivity contribution in [2.75, 3.05) is 6.61 Å². The number of fused-ring (bicyclic) bond motifs is 1. The van der Waals surface area contributed by atoms with E-state index < -0.39 is 29.5 Å². The van der Waals surface area contributed by atoms with Gasteiger partial charge in [0.05, 0.1) is 0 Å². The number of aryl methyl sites for hydroxylation is 1. The minimum atomic E-state index is -1.28. The molecule has 0 amide bonds. The van der Waals surface area contributed by atoms with Crippen LogP contribution in [0.1, 0.15) is 111 Å². The van der Waals surface area contributed by atoms with Crippen molar-refractivity contribution >= 4 is 5.78 Å². The highest BCUT2D eigenvalue weighted by atomic mass is 19.1. The van der Waals surface area contributed by atoms with Crippen molar-refractivity contribution in [3.63, 3.8) is 0 Å². The Morgan fingerprint density at radius 2 is 1.66 bits per heavy atom. The summed E-state index contributed by atoms with van der Waals surface area (Å²) in [5.74, 6) is -3.08. The Labute approximate surface area is 208 Å². The van der Waals surface area contributed by atoms with E-state index in [4.69, 9.17) is 4.74 Å². The van der Waals surface area contributed by atoms with Crippen molar-refractivity contribution in [2.45, 2.75) is 103 Å². The molecule has 192 valence electrons. The van der Waals surface area contributed by atoms with E-state index in [1.807, 2.05) is 12.1 Å². The molecule has 2 atom stereocenters. The number of carbonyl (C=O) groups is 1. The second kappa shape index (κ2) is 13.7. The molecule has 0 spiro atoms. The Bertz CT molecular complexity index is 955. The molecule has 0 aliphatic heterocycles. The first-order valence-electron chi connectivity index (χ1n) is 13.4. The highest BCUT2D eigenvalue weighted by molar-refractivity contribution is 6.03. The number of Topliss-reactive ketones (excluding diaryl/α,β-unsaturated/α-hetero) is 1. The molecule has 2 aromatic rings. The maximum absolute atomic E-state index is 15.1. The highest BCUT2D eigenvalue weighted by Crippen LogP contribution is 2.38. The van der Waals surface area contributed by atoms with Gasteiger partial charge in [-0.3, -0.25) is 4.79 Å². The molecule has 1 aliphatic carbocycles. The average molecular weight is 489 g/mol. The Morgan fingerprint density at radius 3 is 2.34 bits per heavy atom. The third-order valence-electron chi connectivity index (χ3n) is 7.02. The smallest absolute Gasteiger partial charge is 0.191 e. The van der Waals surface area contributed by atoms with Crippen LogP contribution in [0.25, 0.3) is 0 Å². The molecule has 5 heteroatoms. The highest BCUT2D eigenvalue weighted by Gasteiger charge is 2.33. The van der Waals surface area contributed by atoms with Gasteiger partial charge in [-0.2, -0.15) is 0 Å². The minimum absolute atomic E-state index is 0.0728. The molecule has 0 saturated heterocycles. The first-order chi connectivity index (χ1) is 17.0. The monoisotopic (exact) mass is 488 g/mol. The molecule has 1 unspecified atom stereocenters. The maximum atomic E-state index is 15.1. The van der Waals surface area contributed by atoms with E-state index in [1.54, 1.807) is 0 Å². The SMILES string of the molecule is CCCCCCc1ccc(C2CCc3c(cc(F)c(OC[C@@H](F)CCCCCC)c3F)C2=O)cc1. The fraction of sp³-hybridized carbons (Fsp3) is 0.567. The Balaban J connectivity index is 1.64. The average Bonchev–Trinajstić information content (AvgIpc) is 2.85. The first kappa shape index (κ1) is 27.3. The second-order valence-electron chi connectivity index (χ2n) is 9.79. The number of hydrogen-bond donors (Lipinski definition) is 0. The third kappa shape index (κ3) is 7.35. The summed E-state index contributed by atoms with van der Waals surface area (Å²) in [4.78, 5) is 13.2. The molecule has 1 aliphatic rings. The van der Waals surface area contributed by atoms with Crippen molar-refractivity contribution in [2.24, 2.45) is 0 Å². The molecule has 0 fully saturated rings. The largest absolute Gasteiger partial charge is 0.485 e. The van der Waals surface area contributed by atoms with Gasteiger partial charge in [0.15, 0.2) is 23.2 Å². The fourth-order valence-corrected chi connectivity index (χ4v) is 4.88. The standard InChI is InChI=1S/C30H39F3O2/c1-3-5-7-9-11-21-13-15-22(16-14-21)24-17-18-25-26(29(24)34)19-27(32)30(28(25)33)35-20-23(31)12-10-8-6-4-2/h13-16,19,23-24H,3-12,17-18,20H2,1-2H3/t23-,24?/m0/s1. The van der Waals surface area contributed by atoms with Gasteiger partial charge in [0, 0.05) is 17.0 Å². The van der Waals surface area contributed by atoms with Crippen LogP contribution in [0.5, 0.6) is 5.75 Å². The van der Waals surface area contributed by atoms with Gasteiger partial charge in [0.2, 0.25) is 0 Å². The lowest BCUT2D eigenvalue weighted by Gasteiger charge is -2.25. The summed E-state index contributed by atoms with van der Waals surface area (Å²) < 4.78 is 49.2. The van der Waals surface area contributed by atoms with E-state index >= 15 is 4.39 Å².